The summed E-state index contributed by atoms with van der Waals surface area (Å²) in [5.41, 5.74) is 4.96. The molecule has 6 N–H and O–H groups in total. The van der Waals surface area contributed by atoms with Gasteiger partial charge in [-0.15, -0.1) is 0 Å². The van der Waals surface area contributed by atoms with E-state index >= 15 is 0 Å². The minimum absolute atomic E-state index is 0.0222. The predicted molar refractivity (Wildman–Crippen MR) is 214 cm³/mol. The molecule has 1 aromatic heterocycles. The minimum atomic E-state index is -1.21. The lowest BCUT2D eigenvalue weighted by Gasteiger charge is -2.35. The SMILES string of the molecule is CC[C@H](C)[C@@H](C(=O)N[C@@H](Cc1ccccc1)[C@@H](O)CN(Cc1ccc2c(c1)OCCO2)NC(=O)CC(C)(C)CNC(=O)O)N1CCN(Cc2cccc(CO)n2)C1=O. The molecule has 3 heterocycles. The number of aliphatic hydroxyl groups excluding tert-OH is 2. The Bertz CT molecular complexity index is 1860. The Morgan fingerprint density at radius 2 is 1.69 bits per heavy atom. The van der Waals surface area contributed by atoms with E-state index in [0.29, 0.717) is 55.6 Å². The Balaban J connectivity index is 1.37. The normalized spacial score (nSPS) is 16.1. The van der Waals surface area contributed by atoms with Crippen molar-refractivity contribution < 1.29 is 44.0 Å². The number of carboxylic acid groups (broad SMARTS) is 1. The van der Waals surface area contributed by atoms with E-state index in [0.717, 1.165) is 11.1 Å². The highest BCUT2D eigenvalue weighted by Crippen LogP contribution is 2.31. The second kappa shape index (κ2) is 20.3. The Kier molecular flexibility index (Phi) is 15.3. The van der Waals surface area contributed by atoms with Crippen LogP contribution in [0.25, 0.3) is 0 Å². The lowest BCUT2D eigenvalue weighted by atomic mass is 9.89. The van der Waals surface area contributed by atoms with Crippen LogP contribution in [0.1, 0.15) is 63.1 Å². The fraction of sp³-hybridized carbons (Fsp3) is 0.500. The number of pyridine rings is 1. The number of carbonyl (C=O) groups is 4. The molecule has 3 aromatic rings. The second-order valence-corrected chi connectivity index (χ2v) is 15.8. The van der Waals surface area contributed by atoms with Crippen LogP contribution >= 0.6 is 0 Å². The molecule has 0 aliphatic carbocycles. The highest BCUT2D eigenvalue weighted by atomic mass is 16.6. The number of ether oxygens (including phenoxy) is 2. The molecule has 314 valence electrons. The molecule has 58 heavy (non-hydrogen) atoms. The molecule has 5 rings (SSSR count). The molecule has 0 saturated carbocycles. The van der Waals surface area contributed by atoms with E-state index in [-0.39, 0.29) is 57.6 Å². The third kappa shape index (κ3) is 12.3. The third-order valence-corrected chi connectivity index (χ3v) is 10.4. The number of aliphatic hydroxyl groups is 2. The maximum atomic E-state index is 14.5. The molecular weight excluding hydrogens is 747 g/mol. The summed E-state index contributed by atoms with van der Waals surface area (Å²) in [6.07, 6.45) is -1.55. The van der Waals surface area contributed by atoms with E-state index in [2.05, 4.69) is 21.0 Å². The first kappa shape index (κ1) is 43.7. The number of nitrogens with one attached hydrogen (secondary N) is 3. The Morgan fingerprint density at radius 3 is 2.40 bits per heavy atom. The van der Waals surface area contributed by atoms with E-state index in [1.807, 2.05) is 56.3 Å². The number of benzene rings is 2. The van der Waals surface area contributed by atoms with E-state index in [9.17, 15) is 29.4 Å². The van der Waals surface area contributed by atoms with Gasteiger partial charge >= 0.3 is 12.1 Å². The van der Waals surface area contributed by atoms with Gasteiger partial charge in [0, 0.05) is 39.1 Å². The number of carbonyl (C=O) groups excluding carboxylic acids is 3. The predicted octanol–water partition coefficient (Wildman–Crippen LogP) is 3.30. The van der Waals surface area contributed by atoms with Crippen LogP contribution in [0.3, 0.4) is 0 Å². The molecule has 0 spiro atoms. The van der Waals surface area contributed by atoms with Gasteiger partial charge in [0.25, 0.3) is 0 Å². The van der Waals surface area contributed by atoms with Gasteiger partial charge in [-0.05, 0) is 53.1 Å². The molecule has 16 nitrogen and oxygen atoms in total. The fourth-order valence-corrected chi connectivity index (χ4v) is 7.19. The van der Waals surface area contributed by atoms with Crippen molar-refractivity contribution in [2.24, 2.45) is 11.3 Å². The number of rotatable bonds is 20. The van der Waals surface area contributed by atoms with Crippen molar-refractivity contribution in [1.82, 2.24) is 35.9 Å². The number of nitrogens with zero attached hydrogens (tertiary/aromatic N) is 4. The second-order valence-electron chi connectivity index (χ2n) is 15.8. The van der Waals surface area contributed by atoms with Crippen molar-refractivity contribution in [2.45, 2.75) is 84.8 Å². The van der Waals surface area contributed by atoms with Crippen molar-refractivity contribution in [3.8, 4) is 11.5 Å². The summed E-state index contributed by atoms with van der Waals surface area (Å²) >= 11 is 0. The number of amides is 5. The Labute approximate surface area is 339 Å². The molecule has 2 aliphatic heterocycles. The summed E-state index contributed by atoms with van der Waals surface area (Å²) in [4.78, 5) is 60.7. The van der Waals surface area contributed by atoms with Gasteiger partial charge in [0.1, 0.15) is 19.3 Å². The van der Waals surface area contributed by atoms with Crippen LogP contribution in [0.15, 0.2) is 66.7 Å². The number of aromatic nitrogens is 1. The molecule has 4 atom stereocenters. The molecular formula is C42H57N7O9. The average molecular weight is 804 g/mol. The van der Waals surface area contributed by atoms with Gasteiger partial charge in [-0.2, -0.15) is 0 Å². The van der Waals surface area contributed by atoms with E-state index in [1.54, 1.807) is 52.9 Å². The molecule has 1 fully saturated rings. The topological polar surface area (TPSA) is 206 Å². The Morgan fingerprint density at radius 1 is 0.966 bits per heavy atom. The maximum absolute atomic E-state index is 14.5. The summed E-state index contributed by atoms with van der Waals surface area (Å²) < 4.78 is 11.5. The van der Waals surface area contributed by atoms with Crippen molar-refractivity contribution in [3.63, 3.8) is 0 Å². The van der Waals surface area contributed by atoms with Crippen LogP contribution in [0.5, 0.6) is 11.5 Å². The highest BCUT2D eigenvalue weighted by Gasteiger charge is 2.41. The molecule has 0 unspecified atom stereocenters. The molecule has 0 radical (unpaired) electrons. The van der Waals surface area contributed by atoms with E-state index in [1.165, 1.54) is 0 Å². The summed E-state index contributed by atoms with van der Waals surface area (Å²) in [6, 6.07) is 18.2. The van der Waals surface area contributed by atoms with Crippen LogP contribution in [-0.2, 0) is 35.7 Å². The molecule has 2 aliphatic rings. The third-order valence-electron chi connectivity index (χ3n) is 10.4. The van der Waals surface area contributed by atoms with Crippen LogP contribution in [0, 0.1) is 11.3 Å². The van der Waals surface area contributed by atoms with Crippen LogP contribution in [0.4, 0.5) is 9.59 Å². The minimum Gasteiger partial charge on any atom is -0.486 e. The lowest BCUT2D eigenvalue weighted by molar-refractivity contribution is -0.131. The van der Waals surface area contributed by atoms with Gasteiger partial charge in [0.05, 0.1) is 36.7 Å². The first-order valence-electron chi connectivity index (χ1n) is 19.8. The van der Waals surface area contributed by atoms with Crippen LogP contribution in [0.2, 0.25) is 0 Å². The van der Waals surface area contributed by atoms with Gasteiger partial charge in [0.2, 0.25) is 11.8 Å². The zero-order valence-electron chi connectivity index (χ0n) is 33.7. The quantitative estimate of drug-likeness (QED) is 0.0915. The highest BCUT2D eigenvalue weighted by molar-refractivity contribution is 5.88. The van der Waals surface area contributed by atoms with Gasteiger partial charge in [-0.25, -0.2) is 14.6 Å². The Hall–Kier alpha value is -5.45. The largest absolute Gasteiger partial charge is 0.486 e. The van der Waals surface area contributed by atoms with Gasteiger partial charge < -0.3 is 45.2 Å². The number of fused-ring (bicyclic) bond motifs is 1. The van der Waals surface area contributed by atoms with Crippen molar-refractivity contribution >= 4 is 23.9 Å². The van der Waals surface area contributed by atoms with Gasteiger partial charge in [0.15, 0.2) is 11.5 Å². The number of hydrazine groups is 1. The zero-order valence-corrected chi connectivity index (χ0v) is 33.7. The first-order chi connectivity index (χ1) is 27.7. The van der Waals surface area contributed by atoms with E-state index < -0.39 is 41.5 Å². The summed E-state index contributed by atoms with van der Waals surface area (Å²) in [6.45, 7) is 9.08. The zero-order chi connectivity index (χ0) is 41.8. The molecule has 0 bridgehead atoms. The fourth-order valence-electron chi connectivity index (χ4n) is 7.19. The molecule has 5 amide bonds. The van der Waals surface area contributed by atoms with Crippen molar-refractivity contribution in [3.05, 3.63) is 89.2 Å². The average Bonchev–Trinajstić information content (AvgIpc) is 3.55. The van der Waals surface area contributed by atoms with Gasteiger partial charge in [-0.1, -0.05) is 76.6 Å². The number of hydrogen-bond donors (Lipinski definition) is 6. The van der Waals surface area contributed by atoms with Crippen molar-refractivity contribution in [2.75, 3.05) is 39.4 Å². The monoisotopic (exact) mass is 803 g/mol. The summed E-state index contributed by atoms with van der Waals surface area (Å²) in [5.74, 6) is 0.149. The standard InChI is InChI=1S/C42H57N7O9/c1-5-28(2)38(49-17-16-47(41(49)56)24-31-12-9-13-32(26-50)44-31)39(53)45-33(20-29-10-7-6-8-11-29)34(51)25-48(46-37(52)22-42(3,4)27-43-40(54)55)23-30-14-15-35-36(21-30)58-19-18-57-35/h6-15,21,28,33-34,38,43,50-51H,5,16-20,22-27H2,1-4H3,(H,45,53)(H,46,52)(H,54,55)/t28-,33-,34-,38-/m0/s1. The molecule has 16 heteroatoms. The molecule has 2 aromatic carbocycles. The van der Waals surface area contributed by atoms with E-state index in [4.69, 9.17) is 14.6 Å². The maximum Gasteiger partial charge on any atom is 0.404 e. The summed E-state index contributed by atoms with van der Waals surface area (Å²) in [5, 5.41) is 37.8. The van der Waals surface area contributed by atoms with Crippen LogP contribution < -0.4 is 25.5 Å². The van der Waals surface area contributed by atoms with Gasteiger partial charge in [-0.3, -0.25) is 20.0 Å². The first-order valence-corrected chi connectivity index (χ1v) is 19.8. The lowest BCUT2D eigenvalue weighted by Crippen LogP contribution is -2.58. The smallest absolute Gasteiger partial charge is 0.404 e. The molecule has 1 saturated heterocycles. The summed E-state index contributed by atoms with van der Waals surface area (Å²) in [7, 11) is 0. The number of hydrogen-bond acceptors (Lipinski definition) is 10. The van der Waals surface area contributed by atoms with Crippen molar-refractivity contribution in [1.29, 1.82) is 0 Å². The van der Waals surface area contributed by atoms with Crippen LogP contribution in [-0.4, -0.2) is 117 Å². The number of urea groups is 1.